The molecule has 0 amide bonds. The molecule has 0 N–H and O–H groups in total. The maximum atomic E-state index is 7.54. The van der Waals surface area contributed by atoms with Crippen LogP contribution in [0.15, 0.2) is 24.3 Å². The molecule has 3 heteroatoms. The summed E-state index contributed by atoms with van der Waals surface area (Å²) in [7, 11) is 1.77. The minimum absolute atomic E-state index is 0.111. The van der Waals surface area contributed by atoms with Crippen molar-refractivity contribution in [3.05, 3.63) is 29.8 Å². The minimum Gasteiger partial charge on any atom is -0.497 e. The number of hydrogen-bond donors (Lipinski definition) is 0. The number of ether oxygens (including phenoxy) is 2. The highest BCUT2D eigenvalue weighted by atomic mass is 16.5. The molecule has 1 heterocycles. The van der Waals surface area contributed by atoms with E-state index in [1.54, 1.807) is 7.11 Å². The fourth-order valence-corrected chi connectivity index (χ4v) is 9.23. The number of fused-ring (bicyclic) bond motifs is 1. The third-order valence-electron chi connectivity index (χ3n) is 10.5. The topological polar surface area (TPSA) is 21.7 Å². The summed E-state index contributed by atoms with van der Waals surface area (Å²) in [4.78, 5) is 2.93. The monoisotopic (exact) mass is 437 g/mol. The Balaban J connectivity index is 1.35. The fraction of sp³-hybridized carbons (Fsp3) is 0.793. The number of benzene rings is 1. The van der Waals surface area contributed by atoms with Gasteiger partial charge in [-0.3, -0.25) is 4.90 Å². The summed E-state index contributed by atoms with van der Waals surface area (Å²) in [6.45, 7) is 9.89. The van der Waals surface area contributed by atoms with Crippen molar-refractivity contribution in [3.63, 3.8) is 0 Å². The highest BCUT2D eigenvalue weighted by Crippen LogP contribution is 2.81. The molecule has 1 aromatic rings. The first-order chi connectivity index (χ1) is 15.5. The van der Waals surface area contributed by atoms with E-state index < -0.39 is 0 Å². The van der Waals surface area contributed by atoms with Crippen LogP contribution in [0.4, 0.5) is 0 Å². The van der Waals surface area contributed by atoms with E-state index in [1.165, 1.54) is 70.0 Å². The second-order valence-corrected chi connectivity index (χ2v) is 12.2. The van der Waals surface area contributed by atoms with Gasteiger partial charge in [-0.1, -0.05) is 39.3 Å². The fourth-order valence-electron chi connectivity index (χ4n) is 9.23. The van der Waals surface area contributed by atoms with Crippen LogP contribution in [-0.4, -0.2) is 42.3 Å². The number of likely N-dealkylation sites (tertiary alicyclic amines) is 1. The van der Waals surface area contributed by atoms with E-state index in [0.29, 0.717) is 17.6 Å². The van der Waals surface area contributed by atoms with Crippen LogP contribution in [0.2, 0.25) is 0 Å². The third-order valence-corrected chi connectivity index (χ3v) is 10.5. The van der Waals surface area contributed by atoms with Crippen molar-refractivity contribution in [3.8, 4) is 5.75 Å². The van der Waals surface area contributed by atoms with Crippen molar-refractivity contribution in [1.82, 2.24) is 4.90 Å². The summed E-state index contributed by atoms with van der Waals surface area (Å²) in [5, 5.41) is 0. The molecule has 1 aromatic carbocycles. The largest absolute Gasteiger partial charge is 0.497 e. The van der Waals surface area contributed by atoms with Gasteiger partial charge in [-0.25, -0.2) is 0 Å². The van der Waals surface area contributed by atoms with Crippen LogP contribution in [-0.2, 0) is 4.74 Å². The van der Waals surface area contributed by atoms with Gasteiger partial charge >= 0.3 is 0 Å². The molecular weight excluding hydrogens is 394 g/mol. The molecule has 3 nitrogen and oxygen atoms in total. The average molecular weight is 438 g/mol. The van der Waals surface area contributed by atoms with Gasteiger partial charge in [-0.2, -0.15) is 0 Å². The molecule has 4 aliphatic carbocycles. The number of methoxy groups -OCH3 is 1. The molecule has 0 spiro atoms. The SMILES string of the molecule is COc1ccc([C@@H]2CC3(O[C@@H]4C[C@H](C)CC[C@H]4C(C)C)C4CCC2C43N2CCCC2)cc1. The minimum atomic E-state index is 0.111. The van der Waals surface area contributed by atoms with E-state index in [9.17, 15) is 0 Å². The number of hydrogen-bond acceptors (Lipinski definition) is 3. The van der Waals surface area contributed by atoms with Gasteiger partial charge in [0.15, 0.2) is 0 Å². The summed E-state index contributed by atoms with van der Waals surface area (Å²) in [5.74, 6) is 5.41. The predicted octanol–water partition coefficient (Wildman–Crippen LogP) is 6.27. The predicted molar refractivity (Wildman–Crippen MR) is 129 cm³/mol. The van der Waals surface area contributed by atoms with Gasteiger partial charge in [0.05, 0.1) is 24.4 Å². The van der Waals surface area contributed by atoms with Crippen LogP contribution in [0, 0.1) is 29.6 Å². The van der Waals surface area contributed by atoms with Gasteiger partial charge in [0.25, 0.3) is 0 Å². The van der Waals surface area contributed by atoms with Crippen molar-refractivity contribution in [2.45, 2.75) is 95.3 Å². The Morgan fingerprint density at radius 1 is 1.00 bits per heavy atom. The van der Waals surface area contributed by atoms with Gasteiger partial charge in [-0.05, 0) is 105 Å². The van der Waals surface area contributed by atoms with E-state index in [0.717, 1.165) is 35.3 Å². The Kier molecular flexibility index (Phi) is 5.19. The van der Waals surface area contributed by atoms with E-state index in [4.69, 9.17) is 9.47 Å². The highest BCUT2D eigenvalue weighted by Gasteiger charge is 2.89. The van der Waals surface area contributed by atoms with E-state index in [-0.39, 0.29) is 5.60 Å². The Hall–Kier alpha value is -1.06. The van der Waals surface area contributed by atoms with Crippen LogP contribution in [0.5, 0.6) is 5.75 Å². The van der Waals surface area contributed by atoms with Crippen LogP contribution < -0.4 is 4.74 Å². The molecule has 32 heavy (non-hydrogen) atoms. The molecule has 8 atom stereocenters. The van der Waals surface area contributed by atoms with Gasteiger partial charge in [-0.15, -0.1) is 0 Å². The van der Waals surface area contributed by atoms with E-state index >= 15 is 0 Å². The second-order valence-electron chi connectivity index (χ2n) is 12.2. The molecule has 1 aliphatic heterocycles. The lowest BCUT2D eigenvalue weighted by Gasteiger charge is -2.41. The van der Waals surface area contributed by atoms with Crippen molar-refractivity contribution < 1.29 is 9.47 Å². The van der Waals surface area contributed by atoms with Crippen LogP contribution >= 0.6 is 0 Å². The Bertz CT molecular complexity index is 830. The summed E-state index contributed by atoms with van der Waals surface area (Å²) < 4.78 is 13.0. The molecule has 0 bridgehead atoms. The summed E-state index contributed by atoms with van der Waals surface area (Å²) in [6.07, 6.45) is 11.2. The number of nitrogens with zero attached hydrogens (tertiary/aromatic N) is 1. The summed E-state index contributed by atoms with van der Waals surface area (Å²) in [6, 6.07) is 9.01. The third kappa shape index (κ3) is 2.86. The van der Waals surface area contributed by atoms with Crippen molar-refractivity contribution in [2.75, 3.05) is 20.2 Å². The van der Waals surface area contributed by atoms with Gasteiger partial charge in [0.2, 0.25) is 0 Å². The lowest BCUT2D eigenvalue weighted by Crippen LogP contribution is -2.47. The molecule has 5 aliphatic rings. The molecule has 6 rings (SSSR count). The second kappa shape index (κ2) is 7.73. The molecule has 4 saturated carbocycles. The van der Waals surface area contributed by atoms with Crippen LogP contribution in [0.25, 0.3) is 0 Å². The molecule has 4 unspecified atom stereocenters. The van der Waals surface area contributed by atoms with Crippen molar-refractivity contribution in [2.24, 2.45) is 29.6 Å². The first kappa shape index (κ1) is 21.5. The highest BCUT2D eigenvalue weighted by molar-refractivity contribution is 5.46. The first-order valence-electron chi connectivity index (χ1n) is 13.6. The van der Waals surface area contributed by atoms with Crippen LogP contribution in [0.3, 0.4) is 0 Å². The van der Waals surface area contributed by atoms with Gasteiger partial charge < -0.3 is 9.47 Å². The summed E-state index contributed by atoms with van der Waals surface area (Å²) >= 11 is 0. The zero-order valence-corrected chi connectivity index (χ0v) is 20.7. The van der Waals surface area contributed by atoms with Gasteiger partial charge in [0, 0.05) is 5.92 Å². The quantitative estimate of drug-likeness (QED) is 0.523. The van der Waals surface area contributed by atoms with E-state index in [2.05, 4.69) is 49.9 Å². The zero-order valence-electron chi connectivity index (χ0n) is 20.7. The lowest BCUT2D eigenvalue weighted by atomic mass is 9.75. The lowest BCUT2D eigenvalue weighted by molar-refractivity contribution is -0.115. The standard InChI is InChI=1S/C29H43NO2/c1-19(2)23-12-7-20(3)17-26(23)32-28-18-24(21-8-10-22(31-4)11-9-21)25-13-14-27(28)29(25,28)30-15-5-6-16-30/h8-11,19-20,23-27H,5-7,12-18H2,1-4H3/t20-,23+,24+,25?,26-,27?,28?,29?/m1/s1. The molecular formula is C29H43NO2. The van der Waals surface area contributed by atoms with Gasteiger partial charge in [0.1, 0.15) is 5.75 Å². The van der Waals surface area contributed by atoms with Crippen molar-refractivity contribution >= 4 is 0 Å². The number of rotatable bonds is 6. The Morgan fingerprint density at radius 2 is 1.75 bits per heavy atom. The average Bonchev–Trinajstić information content (AvgIpc) is 3.24. The summed E-state index contributed by atoms with van der Waals surface area (Å²) in [5.41, 5.74) is 1.96. The van der Waals surface area contributed by atoms with Crippen LogP contribution in [0.1, 0.15) is 83.6 Å². The maximum Gasteiger partial charge on any atom is 0.118 e. The Morgan fingerprint density at radius 3 is 2.44 bits per heavy atom. The van der Waals surface area contributed by atoms with E-state index in [1.807, 2.05) is 0 Å². The molecule has 176 valence electrons. The first-order valence-corrected chi connectivity index (χ1v) is 13.6. The maximum absolute atomic E-state index is 7.54. The molecule has 0 radical (unpaired) electrons. The normalized spacial score (nSPS) is 45.4. The Labute approximate surface area is 195 Å². The molecule has 1 saturated heterocycles. The smallest absolute Gasteiger partial charge is 0.118 e. The van der Waals surface area contributed by atoms with Crippen molar-refractivity contribution in [1.29, 1.82) is 0 Å². The zero-order chi connectivity index (χ0) is 22.1. The molecule has 5 fully saturated rings. The molecule has 0 aromatic heterocycles.